The third kappa shape index (κ3) is 3.17. The molecule has 0 aliphatic heterocycles. The molecule has 20 heavy (non-hydrogen) atoms. The number of nitrogens with zero attached hydrogens (tertiary/aromatic N) is 2. The van der Waals surface area contributed by atoms with Crippen molar-refractivity contribution in [1.82, 2.24) is 15.2 Å². The molecule has 1 atom stereocenters. The maximum Gasteiger partial charge on any atom is 0.141 e. The minimum Gasteiger partial charge on any atom is -0.271 e. The van der Waals surface area contributed by atoms with Crippen molar-refractivity contribution in [2.75, 3.05) is 0 Å². The molecule has 1 aromatic heterocycles. The Kier molecular flexibility index (Phi) is 4.75. The van der Waals surface area contributed by atoms with E-state index < -0.39 is 5.82 Å². The standard InChI is InChI=1S/C14H18ClFN4/c1-3-20-14(6-9(2)19-20)13(18-17)8-10-4-5-12(16)11(15)7-10/h4-7,13,18H,3,8,17H2,1-2H3. The fourth-order valence-electron chi connectivity index (χ4n) is 2.25. The number of aromatic nitrogens is 2. The molecule has 0 aliphatic rings. The van der Waals surface area contributed by atoms with Crippen LogP contribution in [0.5, 0.6) is 0 Å². The molecule has 1 heterocycles. The molecule has 6 heteroatoms. The fourth-order valence-corrected chi connectivity index (χ4v) is 2.45. The largest absolute Gasteiger partial charge is 0.271 e. The van der Waals surface area contributed by atoms with Crippen LogP contribution in [0.2, 0.25) is 5.02 Å². The molecule has 0 aliphatic carbocycles. The van der Waals surface area contributed by atoms with Gasteiger partial charge in [-0.15, -0.1) is 0 Å². The number of hydrogen-bond acceptors (Lipinski definition) is 3. The monoisotopic (exact) mass is 296 g/mol. The zero-order valence-corrected chi connectivity index (χ0v) is 12.3. The molecule has 2 rings (SSSR count). The number of benzene rings is 1. The summed E-state index contributed by atoms with van der Waals surface area (Å²) in [5, 5.41) is 4.53. The highest BCUT2D eigenvalue weighted by molar-refractivity contribution is 6.30. The Hall–Kier alpha value is -1.43. The third-order valence-corrected chi connectivity index (χ3v) is 3.50. The fraction of sp³-hybridized carbons (Fsp3) is 0.357. The van der Waals surface area contributed by atoms with Crippen molar-refractivity contribution >= 4 is 11.6 Å². The predicted molar refractivity (Wildman–Crippen MR) is 77.8 cm³/mol. The summed E-state index contributed by atoms with van der Waals surface area (Å²) in [7, 11) is 0. The van der Waals surface area contributed by atoms with Gasteiger partial charge in [0.2, 0.25) is 0 Å². The lowest BCUT2D eigenvalue weighted by molar-refractivity contribution is 0.490. The zero-order chi connectivity index (χ0) is 14.7. The molecular formula is C14H18ClFN4. The molecule has 4 nitrogen and oxygen atoms in total. The molecule has 0 spiro atoms. The first-order chi connectivity index (χ1) is 9.55. The molecule has 0 radical (unpaired) electrons. The van der Waals surface area contributed by atoms with E-state index >= 15 is 0 Å². The Labute approximate surface area is 122 Å². The molecular weight excluding hydrogens is 279 g/mol. The topological polar surface area (TPSA) is 55.9 Å². The van der Waals surface area contributed by atoms with Crippen molar-refractivity contribution in [3.63, 3.8) is 0 Å². The van der Waals surface area contributed by atoms with E-state index in [2.05, 4.69) is 10.5 Å². The molecule has 108 valence electrons. The Balaban J connectivity index is 2.26. The maximum atomic E-state index is 13.2. The van der Waals surface area contributed by atoms with Gasteiger partial charge in [-0.1, -0.05) is 17.7 Å². The van der Waals surface area contributed by atoms with Gasteiger partial charge in [-0.3, -0.25) is 16.0 Å². The highest BCUT2D eigenvalue weighted by atomic mass is 35.5. The Morgan fingerprint density at radius 3 is 2.80 bits per heavy atom. The van der Waals surface area contributed by atoms with Gasteiger partial charge in [-0.25, -0.2) is 4.39 Å². The number of aryl methyl sites for hydroxylation is 2. The number of nitrogens with two attached hydrogens (primary N) is 1. The van der Waals surface area contributed by atoms with Crippen molar-refractivity contribution in [3.05, 3.63) is 52.1 Å². The average molecular weight is 297 g/mol. The molecule has 0 bridgehead atoms. The van der Waals surface area contributed by atoms with E-state index in [1.807, 2.05) is 24.6 Å². The van der Waals surface area contributed by atoms with E-state index in [0.717, 1.165) is 23.5 Å². The summed E-state index contributed by atoms with van der Waals surface area (Å²) in [5.74, 6) is 5.24. The summed E-state index contributed by atoms with van der Waals surface area (Å²) >= 11 is 5.80. The lowest BCUT2D eigenvalue weighted by atomic mass is 10.0. The normalized spacial score (nSPS) is 12.7. The van der Waals surface area contributed by atoms with Crippen LogP contribution in [0.3, 0.4) is 0 Å². The quantitative estimate of drug-likeness (QED) is 0.659. The zero-order valence-electron chi connectivity index (χ0n) is 11.5. The summed E-state index contributed by atoms with van der Waals surface area (Å²) in [6, 6.07) is 6.61. The molecule has 0 saturated carbocycles. The first-order valence-corrected chi connectivity index (χ1v) is 6.87. The SMILES string of the molecule is CCn1nc(C)cc1C(Cc1ccc(F)c(Cl)c1)NN. The van der Waals surface area contributed by atoms with Crippen LogP contribution in [0.15, 0.2) is 24.3 Å². The first-order valence-electron chi connectivity index (χ1n) is 6.49. The molecule has 0 fully saturated rings. The highest BCUT2D eigenvalue weighted by Gasteiger charge is 2.17. The second-order valence-electron chi connectivity index (χ2n) is 4.70. The lowest BCUT2D eigenvalue weighted by Crippen LogP contribution is -2.31. The van der Waals surface area contributed by atoms with Gasteiger partial charge in [0.15, 0.2) is 0 Å². The number of nitrogens with one attached hydrogen (secondary N) is 1. The summed E-state index contributed by atoms with van der Waals surface area (Å²) in [4.78, 5) is 0. The van der Waals surface area contributed by atoms with E-state index in [-0.39, 0.29) is 11.1 Å². The minimum absolute atomic E-state index is 0.0994. The number of hydrazine groups is 1. The molecule has 3 N–H and O–H groups in total. The van der Waals surface area contributed by atoms with Gasteiger partial charge < -0.3 is 0 Å². The van der Waals surface area contributed by atoms with Gasteiger partial charge in [0.05, 0.1) is 22.5 Å². The van der Waals surface area contributed by atoms with Crippen LogP contribution in [0.4, 0.5) is 4.39 Å². The van der Waals surface area contributed by atoms with Gasteiger partial charge in [0.25, 0.3) is 0 Å². The van der Waals surface area contributed by atoms with Gasteiger partial charge >= 0.3 is 0 Å². The van der Waals surface area contributed by atoms with Crippen LogP contribution >= 0.6 is 11.6 Å². The Bertz CT molecular complexity index is 597. The third-order valence-electron chi connectivity index (χ3n) is 3.21. The van der Waals surface area contributed by atoms with E-state index in [4.69, 9.17) is 17.4 Å². The molecule has 1 unspecified atom stereocenters. The first kappa shape index (κ1) is 15.0. The van der Waals surface area contributed by atoms with E-state index in [1.54, 1.807) is 12.1 Å². The summed E-state index contributed by atoms with van der Waals surface area (Å²) in [6.07, 6.45) is 0.613. The number of rotatable bonds is 5. The van der Waals surface area contributed by atoms with Crippen LogP contribution in [0, 0.1) is 12.7 Å². The average Bonchev–Trinajstić information content (AvgIpc) is 2.81. The second kappa shape index (κ2) is 6.35. The van der Waals surface area contributed by atoms with E-state index in [9.17, 15) is 4.39 Å². The molecule has 2 aromatic rings. The molecule has 0 saturated heterocycles. The highest BCUT2D eigenvalue weighted by Crippen LogP contribution is 2.22. The van der Waals surface area contributed by atoms with E-state index in [1.165, 1.54) is 6.07 Å². The summed E-state index contributed by atoms with van der Waals surface area (Å²) in [6.45, 7) is 4.74. The smallest absolute Gasteiger partial charge is 0.141 e. The van der Waals surface area contributed by atoms with Gasteiger partial charge in [0, 0.05) is 6.54 Å². The molecule has 1 aromatic carbocycles. The van der Waals surface area contributed by atoms with Gasteiger partial charge in [-0.05, 0) is 44.0 Å². The lowest BCUT2D eigenvalue weighted by Gasteiger charge is -2.17. The van der Waals surface area contributed by atoms with Crippen molar-refractivity contribution in [3.8, 4) is 0 Å². The van der Waals surface area contributed by atoms with E-state index in [0.29, 0.717) is 6.42 Å². The van der Waals surface area contributed by atoms with Crippen LogP contribution < -0.4 is 11.3 Å². The van der Waals surface area contributed by atoms with Crippen molar-refractivity contribution in [2.24, 2.45) is 5.84 Å². The van der Waals surface area contributed by atoms with Crippen LogP contribution in [0.1, 0.15) is 29.9 Å². The Morgan fingerprint density at radius 1 is 1.45 bits per heavy atom. The van der Waals surface area contributed by atoms with Crippen LogP contribution in [-0.4, -0.2) is 9.78 Å². The van der Waals surface area contributed by atoms with Crippen molar-refractivity contribution in [2.45, 2.75) is 32.9 Å². The predicted octanol–water partition coefficient (Wildman–Crippen LogP) is 2.75. The number of halogens is 2. The van der Waals surface area contributed by atoms with Crippen molar-refractivity contribution < 1.29 is 4.39 Å². The maximum absolute atomic E-state index is 13.2. The Morgan fingerprint density at radius 2 is 2.20 bits per heavy atom. The molecule has 0 amide bonds. The van der Waals surface area contributed by atoms with Crippen LogP contribution in [-0.2, 0) is 13.0 Å². The summed E-state index contributed by atoms with van der Waals surface area (Å²) in [5.41, 5.74) is 5.66. The van der Waals surface area contributed by atoms with Gasteiger partial charge in [-0.2, -0.15) is 5.10 Å². The van der Waals surface area contributed by atoms with Gasteiger partial charge in [0.1, 0.15) is 5.82 Å². The second-order valence-corrected chi connectivity index (χ2v) is 5.11. The minimum atomic E-state index is -0.415. The van der Waals surface area contributed by atoms with Crippen LogP contribution in [0.25, 0.3) is 0 Å². The number of hydrogen-bond donors (Lipinski definition) is 2. The van der Waals surface area contributed by atoms with Crippen molar-refractivity contribution in [1.29, 1.82) is 0 Å². The summed E-state index contributed by atoms with van der Waals surface area (Å²) < 4.78 is 15.1.